The molecule has 0 radical (unpaired) electrons. The summed E-state index contributed by atoms with van der Waals surface area (Å²) < 4.78 is 2.12. The van der Waals surface area contributed by atoms with E-state index in [0.717, 1.165) is 23.9 Å². The molecule has 0 unspecified atom stereocenters. The zero-order valence-electron chi connectivity index (χ0n) is 16.7. The predicted molar refractivity (Wildman–Crippen MR) is 123 cm³/mol. The lowest BCUT2D eigenvalue weighted by atomic mass is 10.1. The minimum atomic E-state index is -0.152. The number of nitrogens with one attached hydrogen (secondary N) is 1. The molecule has 30 heavy (non-hydrogen) atoms. The summed E-state index contributed by atoms with van der Waals surface area (Å²) in [5.41, 5.74) is 3.16. The second-order valence-electron chi connectivity index (χ2n) is 7.41. The Labute approximate surface area is 190 Å². The van der Waals surface area contributed by atoms with Crippen molar-refractivity contribution in [3.63, 3.8) is 0 Å². The highest BCUT2D eigenvalue weighted by molar-refractivity contribution is 7.99. The van der Waals surface area contributed by atoms with Crippen molar-refractivity contribution in [2.45, 2.75) is 43.8 Å². The molecule has 156 valence electrons. The fraction of sp³-hybridized carbons (Fsp3) is 0.318. The van der Waals surface area contributed by atoms with Crippen molar-refractivity contribution >= 4 is 46.6 Å². The molecule has 0 bridgehead atoms. The van der Waals surface area contributed by atoms with Gasteiger partial charge in [0.2, 0.25) is 5.91 Å². The Morgan fingerprint density at radius 2 is 1.93 bits per heavy atom. The highest BCUT2D eigenvalue weighted by atomic mass is 35.5. The normalized spacial score (nSPS) is 17.7. The van der Waals surface area contributed by atoms with Gasteiger partial charge in [-0.25, -0.2) is 0 Å². The third-order valence-corrected chi connectivity index (χ3v) is 6.74. The second kappa shape index (κ2) is 9.00. The van der Waals surface area contributed by atoms with Crippen molar-refractivity contribution in [3.8, 4) is 0 Å². The third-order valence-electron chi connectivity index (χ3n) is 5.23. The molecule has 8 heteroatoms. The number of thioether (sulfide) groups is 1. The van der Waals surface area contributed by atoms with Gasteiger partial charge in [0.15, 0.2) is 5.16 Å². The Morgan fingerprint density at radius 3 is 2.63 bits per heavy atom. The fourth-order valence-electron chi connectivity index (χ4n) is 3.55. The first-order chi connectivity index (χ1) is 14.5. The molecule has 5 nitrogen and oxygen atoms in total. The monoisotopic (exact) mass is 460 g/mol. The number of hydrogen-bond acceptors (Lipinski definition) is 4. The molecule has 2 atom stereocenters. The van der Waals surface area contributed by atoms with Crippen LogP contribution < -0.4 is 5.32 Å². The molecule has 1 aliphatic carbocycles. The van der Waals surface area contributed by atoms with Crippen LogP contribution in [0.2, 0.25) is 10.0 Å². The molecule has 1 fully saturated rings. The number of hydrogen-bond donors (Lipinski definition) is 1. The molecular weight excluding hydrogens is 439 g/mol. The lowest BCUT2D eigenvalue weighted by Gasteiger charge is -2.09. The molecule has 3 aromatic rings. The zero-order valence-corrected chi connectivity index (χ0v) is 19.1. The highest BCUT2D eigenvalue weighted by Gasteiger charge is 2.43. The first-order valence-electron chi connectivity index (χ1n) is 9.83. The van der Waals surface area contributed by atoms with Gasteiger partial charge in [-0.15, -0.1) is 10.2 Å². The van der Waals surface area contributed by atoms with Gasteiger partial charge < -0.3 is 9.88 Å². The maximum Gasteiger partial charge on any atom is 0.234 e. The number of nitrogens with zero attached hydrogens (tertiary/aromatic N) is 3. The van der Waals surface area contributed by atoms with E-state index < -0.39 is 0 Å². The van der Waals surface area contributed by atoms with Crippen molar-refractivity contribution in [2.24, 2.45) is 0 Å². The quantitative estimate of drug-likeness (QED) is 0.444. The van der Waals surface area contributed by atoms with Crippen molar-refractivity contribution in [1.82, 2.24) is 14.8 Å². The number of aryl methyl sites for hydroxylation is 1. The van der Waals surface area contributed by atoms with Crippen molar-refractivity contribution in [2.75, 3.05) is 11.1 Å². The van der Waals surface area contributed by atoms with Crippen LogP contribution >= 0.6 is 35.0 Å². The smallest absolute Gasteiger partial charge is 0.234 e. The van der Waals surface area contributed by atoms with Crippen molar-refractivity contribution < 1.29 is 4.79 Å². The zero-order chi connectivity index (χ0) is 21.3. The Kier molecular flexibility index (Phi) is 6.37. The van der Waals surface area contributed by atoms with Crippen LogP contribution in [0.1, 0.15) is 42.1 Å². The maximum absolute atomic E-state index is 12.4. The van der Waals surface area contributed by atoms with Gasteiger partial charge in [0, 0.05) is 17.5 Å². The number of halogens is 2. The minimum absolute atomic E-state index is 0.152. The molecule has 1 N–H and O–H groups in total. The summed E-state index contributed by atoms with van der Waals surface area (Å²) in [5, 5.41) is 13.3. The lowest BCUT2D eigenvalue weighted by molar-refractivity contribution is -0.113. The van der Waals surface area contributed by atoms with Crippen LogP contribution in [0.15, 0.2) is 47.6 Å². The standard InChI is InChI=1S/C22H22Cl2N4OS/c1-3-28-21(17-11-16(17)14-6-4-13(2)5-7-14)26-27-22(28)30-12-20(29)25-19-9-8-15(23)10-18(19)24/h4-10,16-17H,3,11-12H2,1-2H3,(H,25,29)/t16-,17+/m0/s1. The molecule has 2 aromatic carbocycles. The topological polar surface area (TPSA) is 59.8 Å². The molecule has 1 amide bonds. The van der Waals surface area contributed by atoms with Crippen LogP contribution in [0.4, 0.5) is 5.69 Å². The van der Waals surface area contributed by atoms with Gasteiger partial charge in [0.25, 0.3) is 0 Å². The largest absolute Gasteiger partial charge is 0.324 e. The highest BCUT2D eigenvalue weighted by Crippen LogP contribution is 2.54. The van der Waals surface area contributed by atoms with E-state index in [4.69, 9.17) is 23.2 Å². The van der Waals surface area contributed by atoms with Crippen LogP contribution in [0.5, 0.6) is 0 Å². The summed E-state index contributed by atoms with van der Waals surface area (Å²) in [7, 11) is 0. The Balaban J connectivity index is 1.39. The number of carbonyl (C=O) groups is 1. The number of rotatable bonds is 7. The Bertz CT molecular complexity index is 1070. The molecular formula is C22H22Cl2N4OS. The van der Waals surface area contributed by atoms with Crippen molar-refractivity contribution in [3.05, 3.63) is 69.5 Å². The van der Waals surface area contributed by atoms with Gasteiger partial charge in [-0.2, -0.15) is 0 Å². The first-order valence-corrected chi connectivity index (χ1v) is 11.6. The van der Waals surface area contributed by atoms with Crippen LogP contribution in [0.25, 0.3) is 0 Å². The van der Waals surface area contributed by atoms with Gasteiger partial charge in [-0.1, -0.05) is 64.8 Å². The molecule has 4 rings (SSSR count). The van der Waals surface area contributed by atoms with Crippen molar-refractivity contribution in [1.29, 1.82) is 0 Å². The molecule has 0 aliphatic heterocycles. The van der Waals surface area contributed by atoms with Crippen LogP contribution in [-0.2, 0) is 11.3 Å². The number of carbonyl (C=O) groups excluding carboxylic acids is 1. The van der Waals surface area contributed by atoms with E-state index in [2.05, 4.69) is 58.2 Å². The molecule has 1 saturated carbocycles. The van der Waals surface area contributed by atoms with E-state index in [0.29, 0.717) is 27.6 Å². The first kappa shape index (κ1) is 21.2. The van der Waals surface area contributed by atoms with Gasteiger partial charge >= 0.3 is 0 Å². The summed E-state index contributed by atoms with van der Waals surface area (Å²) in [6.07, 6.45) is 1.08. The average molecular weight is 461 g/mol. The Hall–Kier alpha value is -2.02. The summed E-state index contributed by atoms with van der Waals surface area (Å²) in [4.78, 5) is 12.4. The predicted octanol–water partition coefficient (Wildman–Crippen LogP) is 5.92. The molecule has 0 saturated heterocycles. The number of benzene rings is 2. The molecule has 1 heterocycles. The van der Waals surface area contributed by atoms with Crippen LogP contribution in [0.3, 0.4) is 0 Å². The third kappa shape index (κ3) is 4.66. The van der Waals surface area contributed by atoms with Gasteiger partial charge in [0.1, 0.15) is 5.82 Å². The van der Waals surface area contributed by atoms with E-state index in [1.807, 2.05) is 0 Å². The number of anilines is 1. The molecule has 1 aromatic heterocycles. The lowest BCUT2D eigenvalue weighted by Crippen LogP contribution is -2.15. The molecule has 0 spiro atoms. The second-order valence-corrected chi connectivity index (χ2v) is 9.19. The van der Waals surface area contributed by atoms with Crippen LogP contribution in [-0.4, -0.2) is 26.4 Å². The minimum Gasteiger partial charge on any atom is -0.324 e. The average Bonchev–Trinajstić information content (AvgIpc) is 3.41. The summed E-state index contributed by atoms with van der Waals surface area (Å²) >= 11 is 13.4. The van der Waals surface area contributed by atoms with Gasteiger partial charge in [0.05, 0.1) is 16.5 Å². The van der Waals surface area contributed by atoms with Crippen LogP contribution in [0, 0.1) is 6.92 Å². The summed E-state index contributed by atoms with van der Waals surface area (Å²) in [6.45, 7) is 4.95. The number of aromatic nitrogens is 3. The summed E-state index contributed by atoms with van der Waals surface area (Å²) in [6, 6.07) is 13.7. The van der Waals surface area contributed by atoms with Gasteiger partial charge in [-0.3, -0.25) is 4.79 Å². The summed E-state index contributed by atoms with van der Waals surface area (Å²) in [5.74, 6) is 1.96. The maximum atomic E-state index is 12.4. The number of amides is 1. The van der Waals surface area contributed by atoms with E-state index in [1.54, 1.807) is 18.2 Å². The van der Waals surface area contributed by atoms with E-state index in [-0.39, 0.29) is 11.7 Å². The van der Waals surface area contributed by atoms with E-state index >= 15 is 0 Å². The van der Waals surface area contributed by atoms with E-state index in [1.165, 1.54) is 22.9 Å². The Morgan fingerprint density at radius 1 is 1.17 bits per heavy atom. The van der Waals surface area contributed by atoms with E-state index in [9.17, 15) is 4.79 Å². The van der Waals surface area contributed by atoms with Gasteiger partial charge in [-0.05, 0) is 49.9 Å². The molecule has 1 aliphatic rings. The SMILES string of the molecule is CCn1c(SCC(=O)Nc2ccc(Cl)cc2Cl)nnc1[C@@H]1C[C@H]1c1ccc(C)cc1. The fourth-order valence-corrected chi connectivity index (χ4v) is 4.81.